The van der Waals surface area contributed by atoms with Crippen LogP contribution in [0.5, 0.6) is 0 Å². The van der Waals surface area contributed by atoms with Crippen molar-refractivity contribution in [3.63, 3.8) is 0 Å². The van der Waals surface area contributed by atoms with Crippen LogP contribution in [0.2, 0.25) is 0 Å². The molecule has 0 aromatic rings. The Labute approximate surface area is 273 Å². The Bertz CT molecular complexity index is 74.9. The molecule has 0 spiro atoms. The van der Waals surface area contributed by atoms with Gasteiger partial charge in [-0.3, -0.25) is 0 Å². The fourth-order valence-electron chi connectivity index (χ4n) is 0. The van der Waals surface area contributed by atoms with E-state index in [9.17, 15) is 0 Å². The van der Waals surface area contributed by atoms with E-state index in [0.717, 1.165) is 49.9 Å². The molecular formula is C7H40Ca2Fe2O6S6Zn2. The third-order valence-corrected chi connectivity index (χ3v) is 0. The number of hydrogen-bond acceptors (Lipinski definition) is 6. The van der Waals surface area contributed by atoms with Crippen molar-refractivity contribution in [1.29, 1.82) is 0 Å². The van der Waals surface area contributed by atoms with E-state index in [1.54, 1.807) is 0 Å². The normalized spacial score (nSPS) is 1.36. The van der Waals surface area contributed by atoms with Gasteiger partial charge in [0.1, 0.15) is 0 Å². The van der Waals surface area contributed by atoms with Gasteiger partial charge in [-0.25, -0.2) is 0 Å². The first kappa shape index (κ1) is 197. The Hall–Kier alpha value is 5.80. The summed E-state index contributed by atoms with van der Waals surface area (Å²) in [6, 6.07) is 0. The van der Waals surface area contributed by atoms with Crippen molar-refractivity contribution >= 4 is 137 Å². The molecule has 0 aliphatic heterocycles. The Kier molecular flexibility index (Phi) is 5780. The van der Waals surface area contributed by atoms with Crippen molar-refractivity contribution in [2.45, 2.75) is 52.0 Å². The summed E-state index contributed by atoms with van der Waals surface area (Å²) in [7, 11) is 8.04. The summed E-state index contributed by atoms with van der Waals surface area (Å²) in [4.78, 5) is 0. The van der Waals surface area contributed by atoms with Crippen molar-refractivity contribution in [2.24, 2.45) is 0 Å². The van der Waals surface area contributed by atoms with E-state index in [4.69, 9.17) is 8.84 Å². The predicted molar refractivity (Wildman–Crippen MR) is 125 cm³/mol. The molecule has 25 heavy (non-hydrogen) atoms. The summed E-state index contributed by atoms with van der Waals surface area (Å²) in [6.45, 7) is 4.21. The van der Waals surface area contributed by atoms with Crippen LogP contribution < -0.4 is 0 Å². The van der Waals surface area contributed by atoms with Gasteiger partial charge in [0.2, 0.25) is 0 Å². The van der Waals surface area contributed by atoms with Gasteiger partial charge < -0.3 is 16.4 Å². The molecule has 0 fully saturated rings. The van der Waals surface area contributed by atoms with Crippen molar-refractivity contribution in [3.05, 3.63) is 0 Å². The molecule has 0 aliphatic rings. The van der Waals surface area contributed by atoms with E-state index in [-0.39, 0.29) is 163 Å². The van der Waals surface area contributed by atoms with Crippen LogP contribution >= 0.6 is 67.8 Å². The molecular weight excluding hydrogens is 695 g/mol. The van der Waals surface area contributed by atoms with Gasteiger partial charge in [0.15, 0.2) is 0 Å². The predicted octanol–water partition coefficient (Wildman–Crippen LogP) is 3.13. The van der Waals surface area contributed by atoms with Gasteiger partial charge in [-0.05, 0) is 0 Å². The second-order valence-electron chi connectivity index (χ2n) is 0. The van der Waals surface area contributed by atoms with Crippen molar-refractivity contribution in [1.82, 2.24) is 0 Å². The van der Waals surface area contributed by atoms with Gasteiger partial charge in [-0.2, -0.15) is 40.5 Å². The van der Waals surface area contributed by atoms with Crippen LogP contribution in [0.1, 0.15) is 52.0 Å². The summed E-state index contributed by atoms with van der Waals surface area (Å²) in [5, 5.41) is 0. The Balaban J connectivity index is -0.000000000921. The topological polar surface area (TPSA) is 146 Å². The molecule has 0 aromatic carbocycles. The maximum atomic E-state index is 8.38. The number of hydrogen-bond donors (Lipinski definition) is 0. The van der Waals surface area contributed by atoms with Crippen LogP contribution in [-0.2, 0) is 74.0 Å². The molecule has 0 saturated heterocycles. The molecule has 0 atom stereocenters. The van der Waals surface area contributed by atoms with E-state index < -0.39 is 0 Å². The van der Waals surface area contributed by atoms with Crippen molar-refractivity contribution < 1.29 is 90.4 Å². The molecule has 6 N–H and O–H groups in total. The van der Waals surface area contributed by atoms with Gasteiger partial charge in [-0.1, -0.05) is 52.0 Å². The summed E-state index contributed by atoms with van der Waals surface area (Å²) in [5.74, 6) is 0. The molecule has 0 aliphatic carbocycles. The first-order chi connectivity index (χ1) is 6.00. The van der Waals surface area contributed by atoms with Crippen LogP contribution in [0.4, 0.5) is 0 Å². The van der Waals surface area contributed by atoms with Gasteiger partial charge in [-0.15, -0.1) is 0 Å². The molecule has 0 aromatic heterocycles. The maximum absolute atomic E-state index is 8.38. The Morgan fingerprint density at radius 1 is 0.560 bits per heavy atom. The van der Waals surface area contributed by atoms with Crippen molar-refractivity contribution in [2.75, 3.05) is 0 Å². The second kappa shape index (κ2) is 736. The third kappa shape index (κ3) is 685. The number of rotatable bonds is 0. The van der Waals surface area contributed by atoms with Gasteiger partial charge in [0.05, 0.1) is 0 Å². The fourth-order valence-corrected chi connectivity index (χ4v) is 0. The zero-order valence-corrected chi connectivity index (χ0v) is 27.0. The molecule has 0 heterocycles. The average Bonchev–Trinajstić information content (AvgIpc) is 2.33. The molecule has 0 amide bonds. The standard InChI is InChI=1S/7CH4.2Ca.2Fe.3H2O.3O.3H2S.3S.2Zn/h7*1H4;;;;;3*1H2;;;;3*1H2;;;;;. The molecule has 164 valence electrons. The molecule has 0 unspecified atom stereocenters. The molecule has 0 rings (SSSR count). The summed E-state index contributed by atoms with van der Waals surface area (Å²) < 4.78 is 24.8. The summed E-state index contributed by atoms with van der Waals surface area (Å²) in [6.07, 6.45) is 0. The van der Waals surface area contributed by atoms with Crippen molar-refractivity contribution in [3.8, 4) is 0 Å². The minimum atomic E-state index is 0. The Morgan fingerprint density at radius 2 is 0.560 bits per heavy atom. The fraction of sp³-hybridized carbons (Fsp3) is 1.00. The van der Waals surface area contributed by atoms with E-state index in [2.05, 4.69) is 41.7 Å². The van der Waals surface area contributed by atoms with Crippen LogP contribution in [0.25, 0.3) is 0 Å². The van der Waals surface area contributed by atoms with Gasteiger partial charge >= 0.3 is 170 Å². The zero-order chi connectivity index (χ0) is 12.0. The molecule has 0 radical (unpaired) electrons. The van der Waals surface area contributed by atoms with Crippen LogP contribution in [0.15, 0.2) is 0 Å². The van der Waals surface area contributed by atoms with E-state index in [1.807, 2.05) is 15.9 Å². The monoisotopic (exact) mass is 732 g/mol. The molecule has 0 bridgehead atoms. The molecule has 6 nitrogen and oxygen atoms in total. The van der Waals surface area contributed by atoms with Crippen LogP contribution in [0.3, 0.4) is 0 Å². The average molecular weight is 735 g/mol. The summed E-state index contributed by atoms with van der Waals surface area (Å²) >= 11 is 7.00. The van der Waals surface area contributed by atoms with E-state index >= 15 is 0 Å². The first-order valence-electron chi connectivity index (χ1n) is 1.44. The first-order valence-corrected chi connectivity index (χ1v) is 13.1. The quantitative estimate of drug-likeness (QED) is 0.350. The minimum absolute atomic E-state index is 0. The zero-order valence-electron chi connectivity index (χ0n) is 8.99. The van der Waals surface area contributed by atoms with E-state index in [0.29, 0.717) is 0 Å². The van der Waals surface area contributed by atoms with Gasteiger partial charge in [0, 0.05) is 0 Å². The van der Waals surface area contributed by atoms with Crippen LogP contribution in [-0.4, -0.2) is 85.6 Å². The SMILES string of the molecule is C.C.C.C.C.C.C.O.O.O.S.S.S.[O]=[Ca].[O]=[Fe].[O]=[Zn].[S]=[Ca].[S]=[Fe].[S]=[Zn]. The molecule has 18 heteroatoms. The summed E-state index contributed by atoms with van der Waals surface area (Å²) in [5.41, 5.74) is 0. The van der Waals surface area contributed by atoms with E-state index in [1.165, 1.54) is 0 Å². The van der Waals surface area contributed by atoms with Crippen LogP contribution in [0, 0.1) is 0 Å². The Morgan fingerprint density at radius 3 is 0.560 bits per heavy atom. The van der Waals surface area contributed by atoms with Gasteiger partial charge in [0.25, 0.3) is 0 Å². The second-order valence-corrected chi connectivity index (χ2v) is 0. The third-order valence-electron chi connectivity index (χ3n) is 0. The molecule has 0 saturated carbocycles.